The summed E-state index contributed by atoms with van der Waals surface area (Å²) >= 11 is 1.67. The summed E-state index contributed by atoms with van der Waals surface area (Å²) in [5.74, 6) is 0.505. The van der Waals surface area contributed by atoms with Gasteiger partial charge in [-0.15, -0.1) is 11.3 Å². The lowest BCUT2D eigenvalue weighted by atomic mass is 9.97. The van der Waals surface area contributed by atoms with E-state index < -0.39 is 0 Å². The van der Waals surface area contributed by atoms with Crippen LogP contribution in [0.25, 0.3) is 10.2 Å². The number of hydrogen-bond acceptors (Lipinski definition) is 4. The molecule has 25 heavy (non-hydrogen) atoms. The van der Waals surface area contributed by atoms with Crippen LogP contribution >= 0.6 is 11.3 Å². The first-order valence-electron chi connectivity index (χ1n) is 8.79. The molecule has 5 heteroatoms. The van der Waals surface area contributed by atoms with Crippen molar-refractivity contribution in [3.05, 3.63) is 62.5 Å². The summed E-state index contributed by atoms with van der Waals surface area (Å²) in [4.78, 5) is 19.5. The van der Waals surface area contributed by atoms with Crippen LogP contribution in [0.2, 0.25) is 0 Å². The van der Waals surface area contributed by atoms with Crippen LogP contribution in [-0.2, 0) is 12.8 Å². The number of benzene rings is 1. The third kappa shape index (κ3) is 3.04. The number of hydrogen-bond donors (Lipinski definition) is 0. The van der Waals surface area contributed by atoms with Crippen LogP contribution in [0.5, 0.6) is 0 Å². The fourth-order valence-electron chi connectivity index (χ4n) is 3.32. The minimum Gasteiger partial charge on any atom is -0.267 e. The summed E-state index contributed by atoms with van der Waals surface area (Å²) in [5.41, 5.74) is 3.42. The molecular weight excluding hydrogens is 330 g/mol. The van der Waals surface area contributed by atoms with Crippen molar-refractivity contribution >= 4 is 27.8 Å². The van der Waals surface area contributed by atoms with Crippen LogP contribution in [0.15, 0.2) is 40.5 Å². The minimum absolute atomic E-state index is 0.0561. The number of fused-ring (bicyclic) bond motifs is 3. The molecule has 0 amide bonds. The first-order valence-corrected chi connectivity index (χ1v) is 9.61. The zero-order valence-electron chi connectivity index (χ0n) is 14.5. The zero-order valence-corrected chi connectivity index (χ0v) is 15.3. The molecule has 128 valence electrons. The van der Waals surface area contributed by atoms with E-state index in [0.717, 1.165) is 35.0 Å². The average Bonchev–Trinajstić information content (AvgIpc) is 3.01. The normalized spacial score (nSPS) is 14.5. The van der Waals surface area contributed by atoms with Gasteiger partial charge in [0.05, 0.1) is 11.6 Å². The average molecular weight is 351 g/mol. The summed E-state index contributed by atoms with van der Waals surface area (Å²) in [5, 5.41) is 5.12. The van der Waals surface area contributed by atoms with E-state index in [1.54, 1.807) is 17.6 Å². The van der Waals surface area contributed by atoms with Crippen molar-refractivity contribution in [3.63, 3.8) is 0 Å². The highest BCUT2D eigenvalue weighted by molar-refractivity contribution is 7.18. The van der Waals surface area contributed by atoms with Crippen molar-refractivity contribution in [1.29, 1.82) is 0 Å². The standard InChI is InChI=1S/C20H21N3OS/c1-13(2)15-9-7-14(8-10-15)11-22-23-12-21-19-18(20(23)24)16-5-3-4-6-17(16)25-19/h7-13H,3-6H2,1-2H3/b22-11-. The Balaban J connectivity index is 1.69. The Bertz CT molecular complexity index is 996. The van der Waals surface area contributed by atoms with Gasteiger partial charge in [-0.05, 0) is 48.3 Å². The lowest BCUT2D eigenvalue weighted by molar-refractivity contribution is 0.699. The van der Waals surface area contributed by atoms with E-state index in [0.29, 0.717) is 5.92 Å². The summed E-state index contributed by atoms with van der Waals surface area (Å²) in [7, 11) is 0. The fraction of sp³-hybridized carbons (Fsp3) is 0.350. The maximum Gasteiger partial charge on any atom is 0.282 e. The van der Waals surface area contributed by atoms with Crippen LogP contribution < -0.4 is 5.56 Å². The lowest BCUT2D eigenvalue weighted by Gasteiger charge is -2.09. The van der Waals surface area contributed by atoms with Gasteiger partial charge < -0.3 is 0 Å². The number of aromatic nitrogens is 2. The predicted octanol–water partition coefficient (Wildman–Crippen LogP) is 4.34. The van der Waals surface area contributed by atoms with E-state index in [1.165, 1.54) is 33.4 Å². The van der Waals surface area contributed by atoms with Gasteiger partial charge in [0.2, 0.25) is 0 Å². The Labute approximate surface area is 150 Å². The molecule has 1 aliphatic carbocycles. The van der Waals surface area contributed by atoms with Crippen molar-refractivity contribution in [1.82, 2.24) is 9.66 Å². The second kappa shape index (κ2) is 6.56. The smallest absolute Gasteiger partial charge is 0.267 e. The molecule has 0 fully saturated rings. The van der Waals surface area contributed by atoms with Crippen molar-refractivity contribution in [2.24, 2.45) is 5.10 Å². The van der Waals surface area contributed by atoms with Crippen LogP contribution in [-0.4, -0.2) is 15.9 Å². The molecule has 0 saturated carbocycles. The quantitative estimate of drug-likeness (QED) is 0.659. The maximum absolute atomic E-state index is 12.8. The summed E-state index contributed by atoms with van der Waals surface area (Å²) in [6.07, 6.45) is 7.67. The molecule has 0 unspecified atom stereocenters. The van der Waals surface area contributed by atoms with E-state index in [2.05, 4.69) is 36.1 Å². The molecular formula is C20H21N3OS. The Morgan fingerprint density at radius 2 is 1.96 bits per heavy atom. The third-order valence-electron chi connectivity index (χ3n) is 4.79. The van der Waals surface area contributed by atoms with Crippen molar-refractivity contribution in [2.75, 3.05) is 0 Å². The fourth-order valence-corrected chi connectivity index (χ4v) is 4.53. The summed E-state index contributed by atoms with van der Waals surface area (Å²) in [6.45, 7) is 4.34. The number of nitrogens with zero attached hydrogens (tertiary/aromatic N) is 3. The Kier molecular flexibility index (Phi) is 4.25. The van der Waals surface area contributed by atoms with Gasteiger partial charge in [-0.1, -0.05) is 38.1 Å². The van der Waals surface area contributed by atoms with Crippen molar-refractivity contribution in [3.8, 4) is 0 Å². The molecule has 2 aromatic heterocycles. The van der Waals surface area contributed by atoms with Crippen LogP contribution in [0.1, 0.15) is 54.2 Å². The molecule has 4 nitrogen and oxygen atoms in total. The Morgan fingerprint density at radius 1 is 1.20 bits per heavy atom. The van der Waals surface area contributed by atoms with Crippen molar-refractivity contribution < 1.29 is 0 Å². The van der Waals surface area contributed by atoms with Gasteiger partial charge in [0.15, 0.2) is 0 Å². The van der Waals surface area contributed by atoms with Gasteiger partial charge in [0, 0.05) is 4.88 Å². The van der Waals surface area contributed by atoms with Crippen molar-refractivity contribution in [2.45, 2.75) is 45.4 Å². The largest absolute Gasteiger partial charge is 0.282 e. The molecule has 0 atom stereocenters. The lowest BCUT2D eigenvalue weighted by Crippen LogP contribution is -2.18. The minimum atomic E-state index is -0.0561. The molecule has 3 aromatic rings. The maximum atomic E-state index is 12.8. The topological polar surface area (TPSA) is 47.2 Å². The molecule has 1 aliphatic rings. The second-order valence-corrected chi connectivity index (χ2v) is 7.93. The highest BCUT2D eigenvalue weighted by Gasteiger charge is 2.19. The molecule has 2 heterocycles. The van der Waals surface area contributed by atoms with Gasteiger partial charge in [0.1, 0.15) is 11.2 Å². The van der Waals surface area contributed by atoms with Crippen LogP contribution in [0, 0.1) is 0 Å². The van der Waals surface area contributed by atoms with E-state index in [1.807, 2.05) is 12.1 Å². The molecule has 0 aliphatic heterocycles. The van der Waals surface area contributed by atoms with Crippen LogP contribution in [0.4, 0.5) is 0 Å². The highest BCUT2D eigenvalue weighted by atomic mass is 32.1. The first kappa shape index (κ1) is 16.2. The molecule has 0 saturated heterocycles. The second-order valence-electron chi connectivity index (χ2n) is 6.85. The number of aryl methyl sites for hydroxylation is 2. The summed E-state index contributed by atoms with van der Waals surface area (Å²) in [6, 6.07) is 8.27. The molecule has 0 spiro atoms. The number of rotatable bonds is 3. The summed E-state index contributed by atoms with van der Waals surface area (Å²) < 4.78 is 1.36. The monoisotopic (exact) mass is 351 g/mol. The Hall–Kier alpha value is -2.27. The van der Waals surface area contributed by atoms with Crippen LogP contribution in [0.3, 0.4) is 0 Å². The molecule has 0 radical (unpaired) electrons. The van der Waals surface area contributed by atoms with Gasteiger partial charge in [0.25, 0.3) is 5.56 Å². The zero-order chi connectivity index (χ0) is 17.4. The molecule has 0 bridgehead atoms. The van der Waals surface area contributed by atoms with Gasteiger partial charge in [-0.2, -0.15) is 9.78 Å². The molecule has 1 aromatic carbocycles. The number of thiophene rings is 1. The molecule has 0 N–H and O–H groups in total. The van der Waals surface area contributed by atoms with Gasteiger partial charge in [-0.25, -0.2) is 4.98 Å². The van der Waals surface area contributed by atoms with E-state index in [9.17, 15) is 4.79 Å². The van der Waals surface area contributed by atoms with Gasteiger partial charge >= 0.3 is 0 Å². The molecule has 4 rings (SSSR count). The third-order valence-corrected chi connectivity index (χ3v) is 5.99. The van der Waals surface area contributed by atoms with E-state index >= 15 is 0 Å². The predicted molar refractivity (Wildman–Crippen MR) is 104 cm³/mol. The SMILES string of the molecule is CC(C)c1ccc(/C=N\n2cnc3sc4c(c3c2=O)CCCC4)cc1. The van der Waals surface area contributed by atoms with E-state index in [-0.39, 0.29) is 5.56 Å². The van der Waals surface area contributed by atoms with E-state index in [4.69, 9.17) is 0 Å². The highest BCUT2D eigenvalue weighted by Crippen LogP contribution is 2.33. The first-order chi connectivity index (χ1) is 12.1. The van der Waals surface area contributed by atoms with Gasteiger partial charge in [-0.3, -0.25) is 4.79 Å². The Morgan fingerprint density at radius 3 is 2.72 bits per heavy atom.